The number of nitrogens with zero attached hydrogens (tertiary/aromatic N) is 1. The van der Waals surface area contributed by atoms with Crippen LogP contribution in [0.1, 0.15) is 27.7 Å². The van der Waals surface area contributed by atoms with E-state index in [0.717, 1.165) is 0 Å². The van der Waals surface area contributed by atoms with Gasteiger partial charge in [0.25, 0.3) is 0 Å². The Labute approximate surface area is 90.2 Å². The van der Waals surface area contributed by atoms with Gasteiger partial charge in [0.15, 0.2) is 0 Å². The number of hydrogen-bond acceptors (Lipinski definition) is 3. The van der Waals surface area contributed by atoms with Crippen LogP contribution in [0.4, 0.5) is 0 Å². The monoisotopic (exact) mass is 216 g/mol. The number of carbonyl (C=O) groups is 2. The zero-order chi connectivity index (χ0) is 12.2. The van der Waals surface area contributed by atoms with Gasteiger partial charge in [0.1, 0.15) is 0 Å². The third kappa shape index (κ3) is 5.37. The van der Waals surface area contributed by atoms with Gasteiger partial charge in [-0.1, -0.05) is 20.8 Å². The summed E-state index contributed by atoms with van der Waals surface area (Å²) in [6.45, 7) is 6.80. The molecule has 0 aliphatic rings. The SMILES string of the molecule is CC(O)CN(CC(N)=O)C(=O)C(C)(C)C. The van der Waals surface area contributed by atoms with Crippen molar-refractivity contribution in [3.05, 3.63) is 0 Å². The molecule has 2 amide bonds. The second-order valence-electron chi connectivity index (χ2n) is 4.75. The summed E-state index contributed by atoms with van der Waals surface area (Å²) in [4.78, 5) is 23.9. The molecule has 0 spiro atoms. The smallest absolute Gasteiger partial charge is 0.237 e. The molecule has 0 saturated carbocycles. The summed E-state index contributed by atoms with van der Waals surface area (Å²) in [6, 6.07) is 0. The second kappa shape index (κ2) is 5.11. The maximum absolute atomic E-state index is 11.8. The molecule has 0 aliphatic heterocycles. The summed E-state index contributed by atoms with van der Waals surface area (Å²) in [6.07, 6.45) is -0.671. The van der Waals surface area contributed by atoms with E-state index in [-0.39, 0.29) is 19.0 Å². The van der Waals surface area contributed by atoms with Crippen LogP contribution in [-0.2, 0) is 9.59 Å². The van der Waals surface area contributed by atoms with Crippen LogP contribution in [0, 0.1) is 5.41 Å². The Morgan fingerprint density at radius 1 is 1.40 bits per heavy atom. The first kappa shape index (κ1) is 13.9. The molecule has 0 radical (unpaired) electrons. The van der Waals surface area contributed by atoms with Crippen molar-refractivity contribution < 1.29 is 14.7 Å². The lowest BCUT2D eigenvalue weighted by Crippen LogP contribution is -2.46. The molecule has 15 heavy (non-hydrogen) atoms. The van der Waals surface area contributed by atoms with Gasteiger partial charge >= 0.3 is 0 Å². The van der Waals surface area contributed by atoms with Crippen molar-refractivity contribution in [2.24, 2.45) is 11.1 Å². The van der Waals surface area contributed by atoms with E-state index < -0.39 is 17.4 Å². The van der Waals surface area contributed by atoms with E-state index in [9.17, 15) is 14.7 Å². The fourth-order valence-corrected chi connectivity index (χ4v) is 1.20. The molecule has 3 N–H and O–H groups in total. The van der Waals surface area contributed by atoms with Crippen LogP contribution < -0.4 is 5.73 Å². The fraction of sp³-hybridized carbons (Fsp3) is 0.800. The van der Waals surface area contributed by atoms with Crippen molar-refractivity contribution in [3.63, 3.8) is 0 Å². The topological polar surface area (TPSA) is 83.6 Å². The standard InChI is InChI=1S/C10H20N2O3/c1-7(13)5-12(6-8(11)14)9(15)10(2,3)4/h7,13H,5-6H2,1-4H3,(H2,11,14). The number of aliphatic hydroxyl groups is 1. The Morgan fingerprint density at radius 3 is 2.13 bits per heavy atom. The van der Waals surface area contributed by atoms with Gasteiger partial charge in [0.2, 0.25) is 11.8 Å². The quantitative estimate of drug-likeness (QED) is 0.678. The Kier molecular flexibility index (Phi) is 4.74. The van der Waals surface area contributed by atoms with E-state index in [0.29, 0.717) is 0 Å². The van der Waals surface area contributed by atoms with Crippen molar-refractivity contribution in [1.82, 2.24) is 4.90 Å². The minimum Gasteiger partial charge on any atom is -0.392 e. The maximum atomic E-state index is 11.8. The Morgan fingerprint density at radius 2 is 1.87 bits per heavy atom. The molecular formula is C10H20N2O3. The molecule has 88 valence electrons. The third-order valence-corrected chi connectivity index (χ3v) is 1.76. The highest BCUT2D eigenvalue weighted by molar-refractivity contribution is 5.86. The van der Waals surface area contributed by atoms with E-state index in [1.807, 2.05) is 0 Å². The average Bonchev–Trinajstić information content (AvgIpc) is 1.98. The van der Waals surface area contributed by atoms with Crippen molar-refractivity contribution in [1.29, 1.82) is 0 Å². The van der Waals surface area contributed by atoms with E-state index in [1.54, 1.807) is 27.7 Å². The van der Waals surface area contributed by atoms with Gasteiger partial charge in [0, 0.05) is 12.0 Å². The summed E-state index contributed by atoms with van der Waals surface area (Å²) in [5.41, 5.74) is 4.46. The van der Waals surface area contributed by atoms with Gasteiger partial charge < -0.3 is 15.7 Å². The molecule has 0 bridgehead atoms. The van der Waals surface area contributed by atoms with E-state index >= 15 is 0 Å². The Bertz CT molecular complexity index is 244. The summed E-state index contributed by atoms with van der Waals surface area (Å²) in [5, 5.41) is 9.20. The van der Waals surface area contributed by atoms with Crippen molar-refractivity contribution in [2.75, 3.05) is 13.1 Å². The predicted molar refractivity (Wildman–Crippen MR) is 56.9 cm³/mol. The molecule has 0 heterocycles. The zero-order valence-electron chi connectivity index (χ0n) is 9.78. The first-order chi connectivity index (χ1) is 6.64. The summed E-state index contributed by atoms with van der Waals surface area (Å²) in [7, 11) is 0. The number of amides is 2. The lowest BCUT2D eigenvalue weighted by Gasteiger charge is -2.29. The fourth-order valence-electron chi connectivity index (χ4n) is 1.20. The molecular weight excluding hydrogens is 196 g/mol. The van der Waals surface area contributed by atoms with Crippen LogP contribution in [0.2, 0.25) is 0 Å². The van der Waals surface area contributed by atoms with Crippen molar-refractivity contribution in [3.8, 4) is 0 Å². The average molecular weight is 216 g/mol. The molecule has 5 nitrogen and oxygen atoms in total. The van der Waals surface area contributed by atoms with Crippen molar-refractivity contribution in [2.45, 2.75) is 33.8 Å². The maximum Gasteiger partial charge on any atom is 0.237 e. The molecule has 0 aliphatic carbocycles. The molecule has 0 saturated heterocycles. The largest absolute Gasteiger partial charge is 0.392 e. The van der Waals surface area contributed by atoms with Crippen LogP contribution in [-0.4, -0.2) is 41.0 Å². The molecule has 0 aromatic rings. The first-order valence-electron chi connectivity index (χ1n) is 4.90. The summed E-state index contributed by atoms with van der Waals surface area (Å²) >= 11 is 0. The molecule has 0 aromatic carbocycles. The van der Waals surface area contributed by atoms with Gasteiger partial charge in [-0.05, 0) is 6.92 Å². The Hall–Kier alpha value is -1.10. The number of nitrogens with two attached hydrogens (primary N) is 1. The van der Waals surface area contributed by atoms with E-state index in [2.05, 4.69) is 0 Å². The number of hydrogen-bond donors (Lipinski definition) is 2. The van der Waals surface area contributed by atoms with Crippen LogP contribution in [0.25, 0.3) is 0 Å². The molecule has 0 fully saturated rings. The highest BCUT2D eigenvalue weighted by Crippen LogP contribution is 2.17. The lowest BCUT2D eigenvalue weighted by molar-refractivity contribution is -0.143. The predicted octanol–water partition coefficient (Wildman–Crippen LogP) is -0.273. The number of aliphatic hydroxyl groups excluding tert-OH is 1. The van der Waals surface area contributed by atoms with Gasteiger partial charge in [0.05, 0.1) is 12.6 Å². The zero-order valence-corrected chi connectivity index (χ0v) is 9.78. The summed E-state index contributed by atoms with van der Waals surface area (Å²) < 4.78 is 0. The number of primary amides is 1. The van der Waals surface area contributed by atoms with Gasteiger partial charge in [-0.25, -0.2) is 0 Å². The minimum absolute atomic E-state index is 0.124. The highest BCUT2D eigenvalue weighted by atomic mass is 16.3. The second-order valence-corrected chi connectivity index (χ2v) is 4.75. The minimum atomic E-state index is -0.671. The third-order valence-electron chi connectivity index (χ3n) is 1.76. The molecule has 5 heteroatoms. The molecule has 1 unspecified atom stereocenters. The Balaban J connectivity index is 4.62. The van der Waals surface area contributed by atoms with Gasteiger partial charge in [-0.15, -0.1) is 0 Å². The normalized spacial score (nSPS) is 13.4. The molecule has 0 rings (SSSR count). The summed E-state index contributed by atoms with van der Waals surface area (Å²) in [5.74, 6) is -0.768. The first-order valence-corrected chi connectivity index (χ1v) is 4.90. The van der Waals surface area contributed by atoms with Crippen LogP contribution in [0.3, 0.4) is 0 Å². The van der Waals surface area contributed by atoms with Gasteiger partial charge in [-0.2, -0.15) is 0 Å². The van der Waals surface area contributed by atoms with Crippen LogP contribution in [0.5, 0.6) is 0 Å². The highest BCUT2D eigenvalue weighted by Gasteiger charge is 2.28. The molecule has 0 aromatic heterocycles. The number of rotatable bonds is 4. The molecule has 1 atom stereocenters. The van der Waals surface area contributed by atoms with Crippen LogP contribution in [0.15, 0.2) is 0 Å². The lowest BCUT2D eigenvalue weighted by atomic mass is 9.94. The van der Waals surface area contributed by atoms with Gasteiger partial charge in [-0.3, -0.25) is 9.59 Å². The number of carbonyl (C=O) groups excluding carboxylic acids is 2. The van der Waals surface area contributed by atoms with E-state index in [4.69, 9.17) is 5.73 Å². The van der Waals surface area contributed by atoms with E-state index in [1.165, 1.54) is 4.90 Å². The van der Waals surface area contributed by atoms with Crippen LogP contribution >= 0.6 is 0 Å². The van der Waals surface area contributed by atoms with Crippen molar-refractivity contribution >= 4 is 11.8 Å².